The lowest BCUT2D eigenvalue weighted by molar-refractivity contribution is 0.332. The Balaban J connectivity index is 1.15. The largest absolute Gasteiger partial charge is 0.310 e. The normalized spacial score (nSPS) is 17.8. The van der Waals surface area contributed by atoms with Crippen molar-refractivity contribution in [3.63, 3.8) is 0 Å². The highest BCUT2D eigenvalue weighted by Crippen LogP contribution is 2.64. The van der Waals surface area contributed by atoms with Gasteiger partial charge in [-0.1, -0.05) is 169 Å². The summed E-state index contributed by atoms with van der Waals surface area (Å²) < 4.78 is 0. The fourth-order valence-electron chi connectivity index (χ4n) is 13.4. The maximum Gasteiger partial charge on any atom is 0.0726 e. The summed E-state index contributed by atoms with van der Waals surface area (Å²) in [6.45, 7) is 14.7. The molecule has 0 fully saturated rings. The molecule has 0 aliphatic heterocycles. The van der Waals surface area contributed by atoms with Gasteiger partial charge in [-0.05, 0) is 180 Å². The highest BCUT2D eigenvalue weighted by Gasteiger charge is 2.52. The molecule has 0 amide bonds. The van der Waals surface area contributed by atoms with Gasteiger partial charge in [-0.25, -0.2) is 0 Å². The van der Waals surface area contributed by atoms with E-state index in [1.54, 1.807) is 0 Å². The van der Waals surface area contributed by atoms with Crippen molar-refractivity contribution in [2.75, 3.05) is 4.90 Å². The van der Waals surface area contributed by atoms with Crippen LogP contribution >= 0.6 is 0 Å². The molecule has 65 heavy (non-hydrogen) atoms. The fraction of sp³-hybridized carbons (Fsp3) is 0.250. The summed E-state index contributed by atoms with van der Waals surface area (Å²) in [5.74, 6) is 0. The van der Waals surface area contributed by atoms with E-state index in [1.807, 2.05) is 0 Å². The topological polar surface area (TPSA) is 3.24 Å². The van der Waals surface area contributed by atoms with Crippen LogP contribution in [0.1, 0.15) is 123 Å². The van der Waals surface area contributed by atoms with Crippen LogP contribution in [-0.4, -0.2) is 0 Å². The van der Waals surface area contributed by atoms with Gasteiger partial charge in [-0.3, -0.25) is 0 Å². The molecule has 13 rings (SSSR count). The van der Waals surface area contributed by atoms with Crippen molar-refractivity contribution in [1.29, 1.82) is 0 Å². The molecule has 0 N–H and O–H groups in total. The van der Waals surface area contributed by atoms with Crippen LogP contribution in [0.5, 0.6) is 0 Å². The molecule has 0 aromatic heterocycles. The van der Waals surface area contributed by atoms with Crippen LogP contribution in [0.2, 0.25) is 0 Å². The maximum atomic E-state index is 2.65. The number of aryl methyl sites for hydroxylation is 2. The second-order valence-electron chi connectivity index (χ2n) is 21.7. The van der Waals surface area contributed by atoms with E-state index in [-0.39, 0.29) is 16.2 Å². The summed E-state index contributed by atoms with van der Waals surface area (Å²) in [4.78, 5) is 2.65. The Bertz CT molecular complexity index is 3270. The quantitative estimate of drug-likeness (QED) is 0.171. The molecule has 0 heterocycles. The van der Waals surface area contributed by atoms with E-state index in [9.17, 15) is 0 Å². The lowest BCUT2D eigenvalue weighted by Gasteiger charge is -2.42. The zero-order chi connectivity index (χ0) is 44.0. The molecule has 1 heteroatoms. The highest BCUT2D eigenvalue weighted by molar-refractivity contribution is 6.00. The van der Waals surface area contributed by atoms with E-state index < -0.39 is 5.41 Å². The highest BCUT2D eigenvalue weighted by atomic mass is 15.1. The molecule has 8 aromatic carbocycles. The first-order valence-electron chi connectivity index (χ1n) is 24.3. The smallest absolute Gasteiger partial charge is 0.0726 e. The molecule has 1 spiro atoms. The summed E-state index contributed by atoms with van der Waals surface area (Å²) in [5, 5.41) is 0. The average molecular weight is 840 g/mol. The van der Waals surface area contributed by atoms with Crippen molar-refractivity contribution in [1.82, 2.24) is 0 Å². The third kappa shape index (κ3) is 5.33. The van der Waals surface area contributed by atoms with Gasteiger partial charge >= 0.3 is 0 Å². The Kier molecular flexibility index (Phi) is 8.13. The van der Waals surface area contributed by atoms with Crippen LogP contribution in [-0.2, 0) is 34.5 Å². The van der Waals surface area contributed by atoms with E-state index in [1.165, 1.54) is 143 Å². The van der Waals surface area contributed by atoms with Crippen molar-refractivity contribution in [3.8, 4) is 44.5 Å². The van der Waals surface area contributed by atoms with Gasteiger partial charge in [0, 0.05) is 22.4 Å². The van der Waals surface area contributed by atoms with Crippen molar-refractivity contribution < 1.29 is 0 Å². The Morgan fingerprint density at radius 2 is 0.877 bits per heavy atom. The summed E-state index contributed by atoms with van der Waals surface area (Å²) in [5.41, 5.74) is 28.2. The third-order valence-corrected chi connectivity index (χ3v) is 16.9. The Morgan fingerprint density at radius 1 is 0.354 bits per heavy atom. The third-order valence-electron chi connectivity index (χ3n) is 16.9. The Morgan fingerprint density at radius 3 is 1.54 bits per heavy atom. The predicted molar refractivity (Wildman–Crippen MR) is 272 cm³/mol. The molecule has 0 radical (unpaired) electrons. The van der Waals surface area contributed by atoms with Crippen LogP contribution < -0.4 is 4.90 Å². The molecule has 5 aliphatic rings. The second-order valence-corrected chi connectivity index (χ2v) is 21.7. The minimum absolute atomic E-state index is 0.0738. The van der Waals surface area contributed by atoms with Crippen molar-refractivity contribution in [3.05, 3.63) is 219 Å². The van der Waals surface area contributed by atoms with Crippen LogP contribution in [0.25, 0.3) is 44.5 Å². The first kappa shape index (κ1) is 39.0. The molecule has 0 saturated carbocycles. The molecule has 1 nitrogen and oxygen atoms in total. The van der Waals surface area contributed by atoms with Crippen LogP contribution in [0.4, 0.5) is 17.1 Å². The van der Waals surface area contributed by atoms with Crippen molar-refractivity contribution >= 4 is 17.1 Å². The SMILES string of the molecule is CC1(C)CCC(C)(C)c2cc(-c3cc4c(cc3N(c3ccc5c(c3)CCCC5)c3ccc5c(c3)C(C)(C)c3ccccc3-5)C3(c5ccccc5-c5ccccc53)c3ccccc3-4)ccc21. The number of benzene rings is 8. The van der Waals surface area contributed by atoms with Crippen molar-refractivity contribution in [2.24, 2.45) is 0 Å². The van der Waals surface area contributed by atoms with E-state index in [2.05, 4.69) is 210 Å². The van der Waals surface area contributed by atoms with E-state index in [4.69, 9.17) is 0 Å². The second kappa shape index (κ2) is 13.6. The molecule has 0 bridgehead atoms. The monoisotopic (exact) mass is 839 g/mol. The molecule has 0 unspecified atom stereocenters. The lowest BCUT2D eigenvalue weighted by atomic mass is 9.63. The number of anilines is 3. The van der Waals surface area contributed by atoms with Gasteiger partial charge in [-0.2, -0.15) is 0 Å². The van der Waals surface area contributed by atoms with Gasteiger partial charge in [0.1, 0.15) is 0 Å². The molecule has 5 aliphatic carbocycles. The fourth-order valence-corrected chi connectivity index (χ4v) is 13.4. The van der Waals surface area contributed by atoms with Crippen LogP contribution in [0.3, 0.4) is 0 Å². The summed E-state index contributed by atoms with van der Waals surface area (Å²) >= 11 is 0. The Labute approximate surface area is 385 Å². The molecule has 8 aromatic rings. The molecule has 0 saturated heterocycles. The van der Waals surface area contributed by atoms with Gasteiger partial charge in [-0.15, -0.1) is 0 Å². The van der Waals surface area contributed by atoms with Gasteiger partial charge in [0.05, 0.1) is 11.1 Å². The van der Waals surface area contributed by atoms with E-state index in [0.29, 0.717) is 0 Å². The lowest BCUT2D eigenvalue weighted by Crippen LogP contribution is -2.33. The molecular weight excluding hydrogens is 783 g/mol. The molecule has 0 atom stereocenters. The minimum Gasteiger partial charge on any atom is -0.310 e. The number of hydrogen-bond donors (Lipinski definition) is 0. The summed E-state index contributed by atoms with van der Waals surface area (Å²) in [7, 11) is 0. The molecule has 318 valence electrons. The predicted octanol–water partition coefficient (Wildman–Crippen LogP) is 16.7. The number of nitrogens with zero attached hydrogens (tertiary/aromatic N) is 1. The Hall–Kier alpha value is -6.44. The van der Waals surface area contributed by atoms with E-state index >= 15 is 0 Å². The first-order chi connectivity index (χ1) is 31.5. The van der Waals surface area contributed by atoms with Gasteiger partial charge < -0.3 is 4.90 Å². The summed E-state index contributed by atoms with van der Waals surface area (Å²) in [6, 6.07) is 64.4. The van der Waals surface area contributed by atoms with Gasteiger partial charge in [0.25, 0.3) is 0 Å². The van der Waals surface area contributed by atoms with Crippen LogP contribution in [0, 0.1) is 0 Å². The van der Waals surface area contributed by atoms with Gasteiger partial charge in [0.2, 0.25) is 0 Å². The standard InChI is InChI=1S/C64H57N/c1-61(2)33-34-62(3,4)59-36-42(28-32-56(59)61)50-38-51-48-22-12-16-26-55(48)64(53-24-14-10-20-46(53)47-21-11-15-25-54(47)64)58(51)39-60(50)65(43-29-27-40-17-7-8-18-41(40)35-43)44-30-31-49-45-19-9-13-23-52(45)63(5,6)57(49)37-44/h9-16,19-32,35-39H,7-8,17-18,33-34H2,1-6H3. The van der Waals surface area contributed by atoms with Crippen LogP contribution in [0.15, 0.2) is 164 Å². The summed E-state index contributed by atoms with van der Waals surface area (Å²) in [6.07, 6.45) is 7.17. The zero-order valence-electron chi connectivity index (χ0n) is 38.8. The van der Waals surface area contributed by atoms with Gasteiger partial charge in [0.15, 0.2) is 0 Å². The van der Waals surface area contributed by atoms with Crippen molar-refractivity contribution in [2.45, 2.75) is 102 Å². The average Bonchev–Trinajstić information content (AvgIpc) is 3.88. The number of hydrogen-bond acceptors (Lipinski definition) is 1. The molecular formula is C64H57N. The zero-order valence-corrected chi connectivity index (χ0v) is 38.8. The number of fused-ring (bicyclic) bond motifs is 15. The minimum atomic E-state index is -0.461. The first-order valence-corrected chi connectivity index (χ1v) is 24.3. The maximum absolute atomic E-state index is 2.65. The number of rotatable bonds is 4. The van der Waals surface area contributed by atoms with E-state index in [0.717, 1.165) is 12.8 Å².